The molecule has 0 radical (unpaired) electrons. The number of methoxy groups -OCH3 is 2. The second-order valence-electron chi connectivity index (χ2n) is 5.87. The van der Waals surface area contributed by atoms with Crippen molar-refractivity contribution in [2.24, 2.45) is 0 Å². The largest absolute Gasteiger partial charge is 0.497 e. The van der Waals surface area contributed by atoms with Gasteiger partial charge in [0.05, 0.1) is 25.4 Å². The molecule has 3 rings (SSSR count). The number of amides is 2. The van der Waals surface area contributed by atoms with Gasteiger partial charge in [-0.25, -0.2) is 0 Å². The Labute approximate surface area is 155 Å². The minimum Gasteiger partial charge on any atom is -0.497 e. The Morgan fingerprint density at radius 1 is 1.11 bits per heavy atom. The van der Waals surface area contributed by atoms with Crippen LogP contribution in [0.5, 0.6) is 11.5 Å². The van der Waals surface area contributed by atoms with E-state index in [1.54, 1.807) is 31.2 Å². The van der Waals surface area contributed by atoms with Gasteiger partial charge in [0.1, 0.15) is 17.5 Å². The molecule has 2 aromatic carbocycles. The molecule has 0 saturated carbocycles. The predicted octanol–water partition coefficient (Wildman–Crippen LogP) is 2.34. The average Bonchev–Trinajstić information content (AvgIpc) is 3.12. The van der Waals surface area contributed by atoms with Crippen LogP contribution in [0.2, 0.25) is 0 Å². The smallest absolute Gasteiger partial charge is 0.273 e. The van der Waals surface area contributed by atoms with E-state index in [2.05, 4.69) is 20.8 Å². The Hall–Kier alpha value is -3.55. The fourth-order valence-corrected chi connectivity index (χ4v) is 2.62. The lowest BCUT2D eigenvalue weighted by Crippen LogP contribution is -2.41. The van der Waals surface area contributed by atoms with Crippen LogP contribution in [0.3, 0.4) is 0 Å². The number of para-hydroxylation sites is 1. The van der Waals surface area contributed by atoms with Gasteiger partial charge >= 0.3 is 0 Å². The van der Waals surface area contributed by atoms with Gasteiger partial charge in [-0.3, -0.25) is 14.7 Å². The zero-order valence-corrected chi connectivity index (χ0v) is 15.2. The minimum absolute atomic E-state index is 0.240. The maximum absolute atomic E-state index is 12.5. The first-order valence-corrected chi connectivity index (χ1v) is 8.30. The van der Waals surface area contributed by atoms with Gasteiger partial charge in [0.2, 0.25) is 5.91 Å². The Kier molecular flexibility index (Phi) is 5.25. The van der Waals surface area contributed by atoms with Gasteiger partial charge in [0.25, 0.3) is 5.91 Å². The number of nitrogens with one attached hydrogen (secondary N) is 3. The number of anilines is 1. The van der Waals surface area contributed by atoms with Gasteiger partial charge < -0.3 is 20.1 Å². The van der Waals surface area contributed by atoms with E-state index in [1.165, 1.54) is 14.2 Å². The van der Waals surface area contributed by atoms with Gasteiger partial charge in [-0.1, -0.05) is 18.2 Å². The molecule has 0 fully saturated rings. The number of rotatable bonds is 6. The highest BCUT2D eigenvalue weighted by Crippen LogP contribution is 2.29. The highest BCUT2D eigenvalue weighted by molar-refractivity contribution is 6.07. The number of carbonyl (C=O) groups excluding carboxylic acids is 2. The monoisotopic (exact) mass is 368 g/mol. The van der Waals surface area contributed by atoms with Gasteiger partial charge in [-0.15, -0.1) is 0 Å². The first kappa shape index (κ1) is 18.2. The molecule has 27 heavy (non-hydrogen) atoms. The Morgan fingerprint density at radius 2 is 1.89 bits per heavy atom. The van der Waals surface area contributed by atoms with Crippen LogP contribution in [-0.4, -0.2) is 42.3 Å². The van der Waals surface area contributed by atoms with E-state index in [-0.39, 0.29) is 5.69 Å². The van der Waals surface area contributed by atoms with Crippen LogP contribution in [0.1, 0.15) is 17.4 Å². The summed E-state index contributed by atoms with van der Waals surface area (Å²) in [6.45, 7) is 1.59. The normalized spacial score (nSPS) is 11.7. The van der Waals surface area contributed by atoms with Gasteiger partial charge in [0.15, 0.2) is 5.69 Å². The van der Waals surface area contributed by atoms with Crippen molar-refractivity contribution in [3.05, 3.63) is 48.2 Å². The number of fused-ring (bicyclic) bond motifs is 1. The molecule has 1 aromatic heterocycles. The van der Waals surface area contributed by atoms with Crippen molar-refractivity contribution in [2.45, 2.75) is 13.0 Å². The highest BCUT2D eigenvalue weighted by Gasteiger charge is 2.21. The summed E-state index contributed by atoms with van der Waals surface area (Å²) >= 11 is 0. The molecule has 1 heterocycles. The van der Waals surface area contributed by atoms with Crippen LogP contribution in [0.25, 0.3) is 10.9 Å². The topological polar surface area (TPSA) is 105 Å². The molecule has 0 aliphatic carbocycles. The van der Waals surface area contributed by atoms with E-state index in [9.17, 15) is 9.59 Å². The first-order valence-electron chi connectivity index (χ1n) is 8.30. The average molecular weight is 368 g/mol. The van der Waals surface area contributed by atoms with Crippen molar-refractivity contribution >= 4 is 28.4 Å². The summed E-state index contributed by atoms with van der Waals surface area (Å²) in [4.78, 5) is 25.0. The number of nitrogens with zero attached hydrogens (tertiary/aromatic N) is 1. The third-order valence-electron chi connectivity index (χ3n) is 4.09. The Bertz CT molecular complexity index is 983. The fraction of sp³-hybridized carbons (Fsp3) is 0.211. The van der Waals surface area contributed by atoms with Crippen molar-refractivity contribution in [3.63, 3.8) is 0 Å². The number of hydrogen-bond acceptors (Lipinski definition) is 5. The zero-order chi connectivity index (χ0) is 19.4. The number of carbonyl (C=O) groups is 2. The maximum Gasteiger partial charge on any atom is 0.273 e. The summed E-state index contributed by atoms with van der Waals surface area (Å²) in [5, 5.41) is 12.9. The molecule has 3 N–H and O–H groups in total. The van der Waals surface area contributed by atoms with Gasteiger partial charge in [0, 0.05) is 11.5 Å². The van der Waals surface area contributed by atoms with Crippen LogP contribution in [0, 0.1) is 0 Å². The molecule has 0 aliphatic heterocycles. The number of benzene rings is 2. The molecule has 0 aliphatic rings. The molecule has 0 spiro atoms. The third-order valence-corrected chi connectivity index (χ3v) is 4.09. The van der Waals surface area contributed by atoms with Crippen molar-refractivity contribution in [3.8, 4) is 11.5 Å². The molecule has 0 saturated heterocycles. The first-order chi connectivity index (χ1) is 13.0. The van der Waals surface area contributed by atoms with Crippen LogP contribution in [0.15, 0.2) is 42.5 Å². The van der Waals surface area contributed by atoms with Crippen molar-refractivity contribution < 1.29 is 19.1 Å². The zero-order valence-electron chi connectivity index (χ0n) is 15.2. The summed E-state index contributed by atoms with van der Waals surface area (Å²) in [7, 11) is 3.04. The van der Waals surface area contributed by atoms with Crippen LogP contribution < -0.4 is 20.1 Å². The standard InChI is InChI=1S/C19H20N4O4/c1-11(18(24)21-15-10-12(26-2)8-9-16(15)27-3)20-19(25)17-13-6-4-5-7-14(13)22-23-17/h4-11H,1-3H3,(H,20,25)(H,21,24)(H,22,23). The number of ether oxygens (including phenoxy) is 2. The molecular weight excluding hydrogens is 348 g/mol. The minimum atomic E-state index is -0.788. The van der Waals surface area contributed by atoms with Crippen LogP contribution in [0.4, 0.5) is 5.69 Å². The molecule has 1 unspecified atom stereocenters. The van der Waals surface area contributed by atoms with Crippen LogP contribution in [-0.2, 0) is 4.79 Å². The molecule has 140 valence electrons. The third kappa shape index (κ3) is 3.84. The van der Waals surface area contributed by atoms with E-state index in [4.69, 9.17) is 9.47 Å². The molecule has 1 atom stereocenters. The van der Waals surface area contributed by atoms with E-state index < -0.39 is 17.9 Å². The van der Waals surface area contributed by atoms with E-state index in [0.29, 0.717) is 22.6 Å². The van der Waals surface area contributed by atoms with Crippen molar-refractivity contribution in [1.82, 2.24) is 15.5 Å². The molecule has 0 bridgehead atoms. The molecular formula is C19H20N4O4. The molecule has 8 heteroatoms. The summed E-state index contributed by atoms with van der Waals surface area (Å²) in [5.41, 5.74) is 1.44. The Morgan fingerprint density at radius 3 is 2.63 bits per heavy atom. The molecule has 8 nitrogen and oxygen atoms in total. The molecule has 2 amide bonds. The number of aromatic amines is 1. The second kappa shape index (κ2) is 7.77. The number of H-pyrrole nitrogens is 1. The van der Waals surface area contributed by atoms with E-state index >= 15 is 0 Å². The summed E-state index contributed by atoms with van der Waals surface area (Å²) in [5.74, 6) is 0.231. The van der Waals surface area contributed by atoms with E-state index in [1.807, 2.05) is 18.2 Å². The van der Waals surface area contributed by atoms with Crippen molar-refractivity contribution in [2.75, 3.05) is 19.5 Å². The van der Waals surface area contributed by atoms with E-state index in [0.717, 1.165) is 5.52 Å². The number of aromatic nitrogens is 2. The SMILES string of the molecule is COc1ccc(OC)c(NC(=O)C(C)NC(=O)c2n[nH]c3ccccc23)c1. The summed E-state index contributed by atoms with van der Waals surface area (Å²) in [6, 6.07) is 11.6. The maximum atomic E-state index is 12.5. The summed E-state index contributed by atoms with van der Waals surface area (Å²) < 4.78 is 10.4. The quantitative estimate of drug-likeness (QED) is 0.619. The fourth-order valence-electron chi connectivity index (χ4n) is 2.62. The molecule has 3 aromatic rings. The Balaban J connectivity index is 1.72. The summed E-state index contributed by atoms with van der Waals surface area (Å²) in [6.07, 6.45) is 0. The number of hydrogen-bond donors (Lipinski definition) is 3. The van der Waals surface area contributed by atoms with Crippen LogP contribution >= 0.6 is 0 Å². The predicted molar refractivity (Wildman–Crippen MR) is 101 cm³/mol. The lowest BCUT2D eigenvalue weighted by Gasteiger charge is -2.16. The lowest BCUT2D eigenvalue weighted by molar-refractivity contribution is -0.117. The highest BCUT2D eigenvalue weighted by atomic mass is 16.5. The lowest BCUT2D eigenvalue weighted by atomic mass is 10.2. The van der Waals surface area contributed by atoms with Crippen molar-refractivity contribution in [1.29, 1.82) is 0 Å². The second-order valence-corrected chi connectivity index (χ2v) is 5.87. The van der Waals surface area contributed by atoms with Gasteiger partial charge in [-0.2, -0.15) is 5.10 Å². The van der Waals surface area contributed by atoms with Gasteiger partial charge in [-0.05, 0) is 25.1 Å².